The Labute approximate surface area is 139 Å². The van der Waals surface area contributed by atoms with Crippen molar-refractivity contribution in [3.63, 3.8) is 0 Å². The molecule has 0 aromatic carbocycles. The Kier molecular flexibility index (Phi) is 4.01. The van der Waals surface area contributed by atoms with Gasteiger partial charge in [0.1, 0.15) is 6.54 Å². The second-order valence-corrected chi connectivity index (χ2v) is 6.28. The van der Waals surface area contributed by atoms with Crippen LogP contribution in [0.5, 0.6) is 5.88 Å². The Morgan fingerprint density at radius 3 is 2.91 bits per heavy atom. The van der Waals surface area contributed by atoms with E-state index in [9.17, 15) is 14.7 Å². The Hall–Kier alpha value is -2.45. The smallest absolute Gasteiger partial charge is 0.383 e. The second kappa shape index (κ2) is 5.98. The molecule has 0 spiro atoms. The summed E-state index contributed by atoms with van der Waals surface area (Å²) in [5.41, 5.74) is 0.398. The first-order valence-corrected chi connectivity index (χ1v) is 7.67. The molecule has 0 fully saturated rings. The molecule has 0 atom stereocenters. The van der Waals surface area contributed by atoms with Crippen molar-refractivity contribution in [1.29, 1.82) is 0 Å². The first-order chi connectivity index (χ1) is 11.0. The van der Waals surface area contributed by atoms with E-state index in [-0.39, 0.29) is 18.1 Å². The number of rotatable bonds is 4. The van der Waals surface area contributed by atoms with Gasteiger partial charge in [0, 0.05) is 12.3 Å². The summed E-state index contributed by atoms with van der Waals surface area (Å²) in [6.07, 6.45) is 3.17. The normalized spacial score (nSPS) is 10.9. The van der Waals surface area contributed by atoms with Gasteiger partial charge in [0.15, 0.2) is 4.47 Å². The van der Waals surface area contributed by atoms with E-state index >= 15 is 0 Å². The van der Waals surface area contributed by atoms with Gasteiger partial charge in [-0.05, 0) is 6.07 Å². The number of ketones is 1. The molecule has 3 aromatic heterocycles. The molecule has 3 aromatic rings. The van der Waals surface area contributed by atoms with Gasteiger partial charge in [0.2, 0.25) is 0 Å². The Morgan fingerprint density at radius 2 is 2.26 bits per heavy atom. The highest BCUT2D eigenvalue weighted by Crippen LogP contribution is 2.24. The van der Waals surface area contributed by atoms with E-state index in [1.54, 1.807) is 30.6 Å². The minimum absolute atomic E-state index is 0.146. The summed E-state index contributed by atoms with van der Waals surface area (Å²) in [5.74, 6) is -2.30. The van der Waals surface area contributed by atoms with E-state index in [0.29, 0.717) is 10.1 Å². The van der Waals surface area contributed by atoms with Crippen LogP contribution in [0.4, 0.5) is 0 Å². The van der Waals surface area contributed by atoms with Crippen LogP contribution in [0.2, 0.25) is 4.47 Å². The number of hydrogen-bond acceptors (Lipinski definition) is 6. The third kappa shape index (κ3) is 2.66. The molecule has 0 aliphatic carbocycles. The summed E-state index contributed by atoms with van der Waals surface area (Å²) in [4.78, 5) is 28.6. The van der Waals surface area contributed by atoms with Crippen molar-refractivity contribution in [3.8, 4) is 5.88 Å². The average Bonchev–Trinajstić information content (AvgIpc) is 3.09. The van der Waals surface area contributed by atoms with Crippen molar-refractivity contribution < 1.29 is 23.8 Å². The summed E-state index contributed by atoms with van der Waals surface area (Å²) in [7, 11) is 1.11. The number of aromatic hydroxyl groups is 1. The van der Waals surface area contributed by atoms with Crippen LogP contribution in [-0.2, 0) is 16.1 Å². The van der Waals surface area contributed by atoms with Crippen LogP contribution in [0.15, 0.2) is 30.6 Å². The van der Waals surface area contributed by atoms with Crippen LogP contribution in [0, 0.1) is 0 Å². The molecule has 118 valence electrons. The molecule has 3 rings (SSSR count). The number of thiazole rings is 1. The molecular formula is C14H11ClN3O4S+. The number of carbonyl (C=O) groups excluding carboxylic acids is 2. The summed E-state index contributed by atoms with van der Waals surface area (Å²) < 4.78 is 7.79. The minimum Gasteiger partial charge on any atom is -0.474 e. The molecule has 7 nitrogen and oxygen atoms in total. The third-order valence-electron chi connectivity index (χ3n) is 3.25. The van der Waals surface area contributed by atoms with Crippen LogP contribution >= 0.6 is 22.9 Å². The molecule has 0 saturated carbocycles. The van der Waals surface area contributed by atoms with Crippen molar-refractivity contribution in [2.24, 2.45) is 0 Å². The first kappa shape index (κ1) is 15.4. The van der Waals surface area contributed by atoms with E-state index in [0.717, 1.165) is 12.0 Å². The van der Waals surface area contributed by atoms with Crippen molar-refractivity contribution in [2.45, 2.75) is 6.54 Å². The highest BCUT2D eigenvalue weighted by atomic mass is 35.5. The van der Waals surface area contributed by atoms with Crippen molar-refractivity contribution in [1.82, 2.24) is 9.55 Å². The maximum atomic E-state index is 12.3. The fourth-order valence-electron chi connectivity index (χ4n) is 2.27. The van der Waals surface area contributed by atoms with Crippen molar-refractivity contribution in [2.75, 3.05) is 7.11 Å². The Morgan fingerprint density at radius 1 is 1.48 bits per heavy atom. The number of imidazole rings is 1. The van der Waals surface area contributed by atoms with Crippen LogP contribution in [0.25, 0.3) is 5.65 Å². The van der Waals surface area contributed by atoms with Gasteiger partial charge < -0.3 is 9.84 Å². The largest absolute Gasteiger partial charge is 0.474 e. The lowest BCUT2D eigenvalue weighted by atomic mass is 10.3. The SMILES string of the molecule is COC(=O)C(=O)c1c(O)[n+]2ccccc2n1Cc1cnc(Cl)s1. The Bertz CT molecular complexity index is 918. The van der Waals surface area contributed by atoms with Crippen LogP contribution < -0.4 is 4.40 Å². The van der Waals surface area contributed by atoms with Gasteiger partial charge >= 0.3 is 17.6 Å². The highest BCUT2D eigenvalue weighted by molar-refractivity contribution is 7.15. The van der Waals surface area contributed by atoms with E-state index in [1.807, 2.05) is 0 Å². The standard InChI is InChI=1S/C14H10ClN3O4S/c1-22-13(21)11(19)10-12(20)17-5-3-2-4-9(17)18(10)7-8-6-16-14(15)23-8/h2-6H,7H2,1H3/p+1. The lowest BCUT2D eigenvalue weighted by molar-refractivity contribution is -0.521. The predicted molar refractivity (Wildman–Crippen MR) is 81.8 cm³/mol. The lowest BCUT2D eigenvalue weighted by Crippen LogP contribution is -2.20. The molecule has 0 radical (unpaired) electrons. The Balaban J connectivity index is 2.20. The van der Waals surface area contributed by atoms with Crippen molar-refractivity contribution in [3.05, 3.63) is 45.6 Å². The fourth-order valence-corrected chi connectivity index (χ4v) is 3.24. The number of fused-ring (bicyclic) bond motifs is 1. The zero-order valence-corrected chi connectivity index (χ0v) is 13.5. The van der Waals surface area contributed by atoms with Gasteiger partial charge in [-0.3, -0.25) is 4.79 Å². The highest BCUT2D eigenvalue weighted by Gasteiger charge is 2.35. The fraction of sp³-hybridized carbons (Fsp3) is 0.143. The number of aromatic nitrogens is 3. The van der Waals surface area contributed by atoms with Crippen LogP contribution in [-0.4, -0.2) is 33.5 Å². The van der Waals surface area contributed by atoms with E-state index < -0.39 is 11.8 Å². The van der Waals surface area contributed by atoms with Gasteiger partial charge in [-0.1, -0.05) is 17.7 Å². The summed E-state index contributed by atoms with van der Waals surface area (Å²) >= 11 is 7.08. The topological polar surface area (TPSA) is 85.5 Å². The summed E-state index contributed by atoms with van der Waals surface area (Å²) in [5, 5.41) is 10.3. The van der Waals surface area contributed by atoms with E-state index in [2.05, 4.69) is 9.72 Å². The lowest BCUT2D eigenvalue weighted by Gasteiger charge is -1.99. The van der Waals surface area contributed by atoms with Gasteiger partial charge in [0.25, 0.3) is 11.3 Å². The molecule has 3 heterocycles. The number of ether oxygens (including phenoxy) is 1. The molecule has 0 unspecified atom stereocenters. The monoisotopic (exact) mass is 352 g/mol. The molecule has 23 heavy (non-hydrogen) atoms. The summed E-state index contributed by atoms with van der Waals surface area (Å²) in [6, 6.07) is 5.18. The number of methoxy groups -OCH3 is 1. The van der Waals surface area contributed by atoms with Gasteiger partial charge in [0.05, 0.1) is 18.2 Å². The maximum Gasteiger partial charge on any atom is 0.383 e. The number of halogens is 1. The quantitative estimate of drug-likeness (QED) is 0.332. The van der Waals surface area contributed by atoms with Crippen LogP contribution in [0.1, 0.15) is 15.4 Å². The number of esters is 1. The zero-order valence-electron chi connectivity index (χ0n) is 11.9. The molecule has 0 aliphatic rings. The number of carbonyl (C=O) groups is 2. The molecule has 0 saturated heterocycles. The van der Waals surface area contributed by atoms with Crippen molar-refractivity contribution >= 4 is 40.3 Å². The van der Waals surface area contributed by atoms with Gasteiger partial charge in [-0.2, -0.15) is 4.40 Å². The van der Waals surface area contributed by atoms with Crippen LogP contribution in [0.3, 0.4) is 0 Å². The number of hydrogen-bond donors (Lipinski definition) is 1. The third-order valence-corrected chi connectivity index (χ3v) is 4.35. The van der Waals surface area contributed by atoms with E-state index in [1.165, 1.54) is 20.3 Å². The number of nitrogens with zero attached hydrogens (tertiary/aromatic N) is 3. The van der Waals surface area contributed by atoms with Gasteiger partial charge in [-0.15, -0.1) is 11.3 Å². The molecule has 0 bridgehead atoms. The molecule has 9 heteroatoms. The molecule has 0 amide bonds. The first-order valence-electron chi connectivity index (χ1n) is 6.47. The minimum atomic E-state index is -1.05. The molecule has 0 aliphatic heterocycles. The van der Waals surface area contributed by atoms with Gasteiger partial charge in [-0.25, -0.2) is 14.3 Å². The number of Topliss-reactive ketones (excluding diaryl/α,β-unsaturated/α-hetero) is 1. The second-order valence-electron chi connectivity index (χ2n) is 4.59. The zero-order chi connectivity index (χ0) is 16.6. The molecule has 1 N–H and O–H groups in total. The predicted octanol–water partition coefficient (Wildman–Crippen LogP) is 1.45. The number of pyridine rings is 1. The average molecular weight is 353 g/mol. The van der Waals surface area contributed by atoms with E-state index in [4.69, 9.17) is 11.6 Å². The molecular weight excluding hydrogens is 342 g/mol. The maximum absolute atomic E-state index is 12.3. The summed E-state index contributed by atoms with van der Waals surface area (Å²) in [6.45, 7) is 0.233.